The molecular formula is C14H17ClN2O3. The Morgan fingerprint density at radius 2 is 1.75 bits per heavy atom. The van der Waals surface area contributed by atoms with Crippen LogP contribution in [0.25, 0.3) is 0 Å². The second kappa shape index (κ2) is 6.24. The Morgan fingerprint density at radius 1 is 1.20 bits per heavy atom. The molecule has 3 amide bonds. The van der Waals surface area contributed by atoms with E-state index < -0.39 is 11.9 Å². The summed E-state index contributed by atoms with van der Waals surface area (Å²) in [4.78, 5) is 25.6. The third-order valence-electron chi connectivity index (χ3n) is 3.03. The zero-order valence-corrected chi connectivity index (χ0v) is 12.2. The minimum absolute atomic E-state index is 0.0323. The highest BCUT2D eigenvalue weighted by Gasteiger charge is 2.26. The summed E-state index contributed by atoms with van der Waals surface area (Å²) in [6, 6.07) is 5.98. The van der Waals surface area contributed by atoms with E-state index in [2.05, 4.69) is 5.32 Å². The molecule has 1 aliphatic heterocycles. The van der Waals surface area contributed by atoms with Gasteiger partial charge < -0.3 is 9.64 Å². The van der Waals surface area contributed by atoms with Gasteiger partial charge in [-0.1, -0.05) is 11.6 Å². The molecule has 108 valence electrons. The van der Waals surface area contributed by atoms with Crippen LogP contribution in [0.4, 0.5) is 4.79 Å². The van der Waals surface area contributed by atoms with Crippen molar-refractivity contribution >= 4 is 23.5 Å². The summed E-state index contributed by atoms with van der Waals surface area (Å²) in [6.07, 6.45) is -0.0646. The minimum Gasteiger partial charge on any atom is -0.372 e. The van der Waals surface area contributed by atoms with Crippen molar-refractivity contribution in [3.8, 4) is 0 Å². The molecule has 2 rings (SSSR count). The maximum absolute atomic E-state index is 12.1. The Balaban J connectivity index is 1.97. The van der Waals surface area contributed by atoms with Crippen LogP contribution in [0.2, 0.25) is 5.02 Å². The number of carbonyl (C=O) groups excluding carboxylic acids is 2. The van der Waals surface area contributed by atoms with Crippen LogP contribution in [-0.2, 0) is 4.74 Å². The number of carbonyl (C=O) groups is 2. The largest absolute Gasteiger partial charge is 0.372 e. The standard InChI is InChI=1S/C14H17ClN2O3/c1-9-7-17(8-10(2)20-9)14(19)16-13(18)11-3-5-12(15)6-4-11/h3-6,9-10H,7-8H2,1-2H3,(H,16,18,19)/t9-,10+. The Labute approximate surface area is 122 Å². The number of rotatable bonds is 1. The molecule has 0 unspecified atom stereocenters. The molecule has 0 aromatic heterocycles. The van der Waals surface area contributed by atoms with Gasteiger partial charge in [0, 0.05) is 23.7 Å². The average molecular weight is 297 g/mol. The smallest absolute Gasteiger partial charge is 0.324 e. The number of amides is 3. The van der Waals surface area contributed by atoms with E-state index in [1.807, 2.05) is 13.8 Å². The molecule has 1 aromatic rings. The first-order valence-corrected chi connectivity index (χ1v) is 6.85. The summed E-state index contributed by atoms with van der Waals surface area (Å²) in [6.45, 7) is 4.75. The third-order valence-corrected chi connectivity index (χ3v) is 3.29. The van der Waals surface area contributed by atoms with E-state index in [9.17, 15) is 9.59 Å². The van der Waals surface area contributed by atoms with E-state index in [0.29, 0.717) is 23.7 Å². The van der Waals surface area contributed by atoms with Gasteiger partial charge in [-0.3, -0.25) is 10.1 Å². The van der Waals surface area contributed by atoms with Crippen molar-refractivity contribution in [3.63, 3.8) is 0 Å². The third kappa shape index (κ3) is 3.71. The lowest BCUT2D eigenvalue weighted by Gasteiger charge is -2.35. The highest BCUT2D eigenvalue weighted by Crippen LogP contribution is 2.12. The van der Waals surface area contributed by atoms with Gasteiger partial charge in [0.05, 0.1) is 12.2 Å². The summed E-state index contributed by atoms with van der Waals surface area (Å²) in [5.41, 5.74) is 0.400. The van der Waals surface area contributed by atoms with Gasteiger partial charge in [0.15, 0.2) is 0 Å². The van der Waals surface area contributed by atoms with Gasteiger partial charge in [-0.15, -0.1) is 0 Å². The van der Waals surface area contributed by atoms with E-state index in [0.717, 1.165) is 0 Å². The molecule has 1 saturated heterocycles. The number of urea groups is 1. The first kappa shape index (κ1) is 14.8. The molecule has 2 atom stereocenters. The van der Waals surface area contributed by atoms with Crippen LogP contribution in [0.5, 0.6) is 0 Å². The van der Waals surface area contributed by atoms with Gasteiger partial charge in [0.1, 0.15) is 0 Å². The fraction of sp³-hybridized carbons (Fsp3) is 0.429. The summed E-state index contributed by atoms with van der Waals surface area (Å²) in [5.74, 6) is -0.432. The summed E-state index contributed by atoms with van der Waals surface area (Å²) >= 11 is 5.76. The number of hydrogen-bond acceptors (Lipinski definition) is 3. The molecule has 0 saturated carbocycles. The maximum Gasteiger partial charge on any atom is 0.324 e. The number of nitrogens with zero attached hydrogens (tertiary/aromatic N) is 1. The second-order valence-corrected chi connectivity index (χ2v) is 5.36. The Kier molecular flexibility index (Phi) is 4.62. The van der Waals surface area contributed by atoms with E-state index in [1.54, 1.807) is 29.2 Å². The first-order chi connectivity index (χ1) is 9.45. The SMILES string of the molecule is C[C@@H]1CN(C(=O)NC(=O)c2ccc(Cl)cc2)C[C@H](C)O1. The van der Waals surface area contributed by atoms with Gasteiger partial charge in [-0.05, 0) is 38.1 Å². The Hall–Kier alpha value is -1.59. The lowest BCUT2D eigenvalue weighted by atomic mass is 10.2. The molecule has 0 spiro atoms. The topological polar surface area (TPSA) is 58.6 Å². The maximum atomic E-state index is 12.1. The molecule has 0 aliphatic carbocycles. The molecule has 6 heteroatoms. The van der Waals surface area contributed by atoms with Crippen molar-refractivity contribution in [1.29, 1.82) is 0 Å². The van der Waals surface area contributed by atoms with Crippen molar-refractivity contribution in [2.45, 2.75) is 26.1 Å². The second-order valence-electron chi connectivity index (χ2n) is 4.93. The first-order valence-electron chi connectivity index (χ1n) is 6.47. The Morgan fingerprint density at radius 3 is 2.30 bits per heavy atom. The van der Waals surface area contributed by atoms with E-state index >= 15 is 0 Å². The zero-order valence-electron chi connectivity index (χ0n) is 11.4. The van der Waals surface area contributed by atoms with Crippen molar-refractivity contribution in [2.24, 2.45) is 0 Å². The van der Waals surface area contributed by atoms with Crippen molar-refractivity contribution in [3.05, 3.63) is 34.9 Å². The van der Waals surface area contributed by atoms with Crippen LogP contribution in [0, 0.1) is 0 Å². The number of hydrogen-bond donors (Lipinski definition) is 1. The molecule has 1 heterocycles. The molecular weight excluding hydrogens is 280 g/mol. The number of ether oxygens (including phenoxy) is 1. The molecule has 0 radical (unpaired) electrons. The molecule has 1 fully saturated rings. The fourth-order valence-electron chi connectivity index (χ4n) is 2.19. The lowest BCUT2D eigenvalue weighted by molar-refractivity contribution is -0.0543. The summed E-state index contributed by atoms with van der Waals surface area (Å²) in [7, 11) is 0. The van der Waals surface area contributed by atoms with Crippen molar-refractivity contribution < 1.29 is 14.3 Å². The number of morpholine rings is 1. The monoisotopic (exact) mass is 296 g/mol. The van der Waals surface area contributed by atoms with Gasteiger partial charge in [0.2, 0.25) is 0 Å². The predicted octanol–water partition coefficient (Wildman–Crippen LogP) is 2.30. The normalized spacial score (nSPS) is 22.4. The highest BCUT2D eigenvalue weighted by molar-refractivity contribution is 6.30. The van der Waals surface area contributed by atoms with Crippen LogP contribution in [0.15, 0.2) is 24.3 Å². The number of nitrogens with one attached hydrogen (secondary N) is 1. The van der Waals surface area contributed by atoms with Crippen LogP contribution in [-0.4, -0.2) is 42.1 Å². The molecule has 0 bridgehead atoms. The number of benzene rings is 1. The average Bonchev–Trinajstić information content (AvgIpc) is 2.38. The van der Waals surface area contributed by atoms with Crippen molar-refractivity contribution in [1.82, 2.24) is 10.2 Å². The van der Waals surface area contributed by atoms with E-state index in [1.165, 1.54) is 0 Å². The lowest BCUT2D eigenvalue weighted by Crippen LogP contribution is -2.52. The number of imide groups is 1. The quantitative estimate of drug-likeness (QED) is 0.865. The van der Waals surface area contributed by atoms with Crippen LogP contribution in [0.1, 0.15) is 24.2 Å². The highest BCUT2D eigenvalue weighted by atomic mass is 35.5. The van der Waals surface area contributed by atoms with Gasteiger partial charge >= 0.3 is 6.03 Å². The molecule has 1 aromatic carbocycles. The van der Waals surface area contributed by atoms with Gasteiger partial charge in [-0.25, -0.2) is 4.79 Å². The molecule has 1 N–H and O–H groups in total. The van der Waals surface area contributed by atoms with Crippen LogP contribution in [0.3, 0.4) is 0 Å². The van der Waals surface area contributed by atoms with Gasteiger partial charge in [0.25, 0.3) is 5.91 Å². The van der Waals surface area contributed by atoms with E-state index in [4.69, 9.17) is 16.3 Å². The van der Waals surface area contributed by atoms with Gasteiger partial charge in [-0.2, -0.15) is 0 Å². The zero-order chi connectivity index (χ0) is 14.7. The predicted molar refractivity (Wildman–Crippen MR) is 75.9 cm³/mol. The van der Waals surface area contributed by atoms with Crippen LogP contribution < -0.4 is 5.32 Å². The Bertz CT molecular complexity index is 494. The summed E-state index contributed by atoms with van der Waals surface area (Å²) in [5, 5.41) is 2.92. The van der Waals surface area contributed by atoms with Crippen LogP contribution >= 0.6 is 11.6 Å². The minimum atomic E-state index is -0.432. The molecule has 5 nitrogen and oxygen atoms in total. The number of halogens is 1. The van der Waals surface area contributed by atoms with E-state index in [-0.39, 0.29) is 12.2 Å². The van der Waals surface area contributed by atoms with Crippen molar-refractivity contribution in [2.75, 3.05) is 13.1 Å². The molecule has 20 heavy (non-hydrogen) atoms. The summed E-state index contributed by atoms with van der Waals surface area (Å²) < 4.78 is 5.55. The fourth-order valence-corrected chi connectivity index (χ4v) is 2.32. The molecule has 1 aliphatic rings.